The lowest BCUT2D eigenvalue weighted by atomic mass is 9.81. The molecule has 0 aliphatic heterocycles. The van der Waals surface area contributed by atoms with Gasteiger partial charge in [0.15, 0.2) is 0 Å². The molecule has 7 heteroatoms. The minimum absolute atomic E-state index is 0.0262. The van der Waals surface area contributed by atoms with E-state index in [4.69, 9.17) is 4.42 Å². The summed E-state index contributed by atoms with van der Waals surface area (Å²) in [5.74, 6) is -0.249. The van der Waals surface area contributed by atoms with E-state index in [9.17, 15) is 13.2 Å². The summed E-state index contributed by atoms with van der Waals surface area (Å²) >= 11 is 0. The fourth-order valence-electron chi connectivity index (χ4n) is 2.32. The highest BCUT2D eigenvalue weighted by Crippen LogP contribution is 2.42. The molecule has 1 aromatic rings. The normalized spacial score (nSPS) is 25.3. The topological polar surface area (TPSA) is 51.0 Å². The molecule has 4 nitrogen and oxygen atoms in total. The third-order valence-corrected chi connectivity index (χ3v) is 3.35. The molecule has 1 aliphatic carbocycles. The Labute approximate surface area is 103 Å². The Morgan fingerprint density at radius 3 is 2.44 bits per heavy atom. The average Bonchev–Trinajstić information content (AvgIpc) is 2.77. The van der Waals surface area contributed by atoms with Crippen molar-refractivity contribution >= 4 is 0 Å². The zero-order valence-electron chi connectivity index (χ0n) is 10.1. The van der Waals surface area contributed by atoms with Crippen LogP contribution in [0.2, 0.25) is 0 Å². The van der Waals surface area contributed by atoms with Crippen LogP contribution < -0.4 is 5.32 Å². The maximum atomic E-state index is 12.5. The molecule has 2 rings (SSSR count). The molecular formula is C11H16F3N3O. The summed E-state index contributed by atoms with van der Waals surface area (Å²) in [4.78, 5) is 0. The van der Waals surface area contributed by atoms with Crippen molar-refractivity contribution < 1.29 is 17.6 Å². The first-order valence-corrected chi connectivity index (χ1v) is 6.04. The SMILES string of the molecule is CNCc1nnc(C2CCC(C(F)(F)F)CC2)o1. The highest BCUT2D eigenvalue weighted by Gasteiger charge is 2.42. The molecular weight excluding hydrogens is 247 g/mol. The molecule has 0 spiro atoms. The summed E-state index contributed by atoms with van der Waals surface area (Å²) in [5.41, 5.74) is 0. The van der Waals surface area contributed by atoms with Gasteiger partial charge in [-0.3, -0.25) is 0 Å². The maximum absolute atomic E-state index is 12.5. The van der Waals surface area contributed by atoms with Crippen molar-refractivity contribution in [2.24, 2.45) is 5.92 Å². The van der Waals surface area contributed by atoms with Crippen LogP contribution in [0.5, 0.6) is 0 Å². The van der Waals surface area contributed by atoms with Crippen LogP contribution in [0.1, 0.15) is 43.4 Å². The highest BCUT2D eigenvalue weighted by molar-refractivity contribution is 4.95. The number of hydrogen-bond acceptors (Lipinski definition) is 4. The largest absolute Gasteiger partial charge is 0.424 e. The van der Waals surface area contributed by atoms with Crippen molar-refractivity contribution in [3.63, 3.8) is 0 Å². The van der Waals surface area contributed by atoms with Gasteiger partial charge in [0.05, 0.1) is 12.5 Å². The van der Waals surface area contributed by atoms with Gasteiger partial charge in [0, 0.05) is 5.92 Å². The van der Waals surface area contributed by atoms with Gasteiger partial charge in [-0.25, -0.2) is 0 Å². The van der Waals surface area contributed by atoms with Crippen molar-refractivity contribution in [1.82, 2.24) is 15.5 Å². The number of halogens is 3. The molecule has 0 unspecified atom stereocenters. The first kappa shape index (κ1) is 13.3. The molecule has 1 saturated carbocycles. The third-order valence-electron chi connectivity index (χ3n) is 3.35. The van der Waals surface area contributed by atoms with E-state index in [-0.39, 0.29) is 18.8 Å². The first-order valence-electron chi connectivity index (χ1n) is 6.04. The first-order chi connectivity index (χ1) is 8.50. The lowest BCUT2D eigenvalue weighted by Gasteiger charge is -2.27. The van der Waals surface area contributed by atoms with Gasteiger partial charge in [-0.1, -0.05) is 0 Å². The van der Waals surface area contributed by atoms with Gasteiger partial charge >= 0.3 is 6.18 Å². The predicted molar refractivity (Wildman–Crippen MR) is 57.8 cm³/mol. The Morgan fingerprint density at radius 2 is 1.89 bits per heavy atom. The lowest BCUT2D eigenvalue weighted by molar-refractivity contribution is -0.182. The summed E-state index contributed by atoms with van der Waals surface area (Å²) in [6.07, 6.45) is -2.84. The van der Waals surface area contributed by atoms with E-state index in [2.05, 4.69) is 15.5 Å². The molecule has 1 heterocycles. The van der Waals surface area contributed by atoms with E-state index in [0.29, 0.717) is 31.2 Å². The monoisotopic (exact) mass is 263 g/mol. The fraction of sp³-hybridized carbons (Fsp3) is 0.818. The van der Waals surface area contributed by atoms with E-state index < -0.39 is 12.1 Å². The minimum Gasteiger partial charge on any atom is -0.424 e. The van der Waals surface area contributed by atoms with Gasteiger partial charge in [-0.05, 0) is 32.7 Å². The van der Waals surface area contributed by atoms with Crippen molar-refractivity contribution in [2.45, 2.75) is 44.3 Å². The zero-order valence-corrected chi connectivity index (χ0v) is 10.1. The third kappa shape index (κ3) is 3.01. The summed E-state index contributed by atoms with van der Waals surface area (Å²) < 4.78 is 43.0. The molecule has 0 bridgehead atoms. The van der Waals surface area contributed by atoms with Gasteiger partial charge in [-0.15, -0.1) is 10.2 Å². The van der Waals surface area contributed by atoms with Crippen LogP contribution in [-0.2, 0) is 6.54 Å². The number of hydrogen-bond donors (Lipinski definition) is 1. The second-order valence-electron chi connectivity index (χ2n) is 4.65. The summed E-state index contributed by atoms with van der Waals surface area (Å²) in [6, 6.07) is 0. The van der Waals surface area contributed by atoms with Gasteiger partial charge in [0.2, 0.25) is 11.8 Å². The predicted octanol–water partition coefficient (Wildman–Crippen LogP) is 2.63. The van der Waals surface area contributed by atoms with Gasteiger partial charge in [0.25, 0.3) is 0 Å². The van der Waals surface area contributed by atoms with E-state index in [1.165, 1.54) is 0 Å². The van der Waals surface area contributed by atoms with Crippen LogP contribution in [0.15, 0.2) is 4.42 Å². The van der Waals surface area contributed by atoms with Crippen molar-refractivity contribution in [3.05, 3.63) is 11.8 Å². The second-order valence-corrected chi connectivity index (χ2v) is 4.65. The summed E-state index contributed by atoms with van der Waals surface area (Å²) in [5, 5.41) is 10.6. The smallest absolute Gasteiger partial charge is 0.391 e. The molecule has 1 aliphatic rings. The quantitative estimate of drug-likeness (QED) is 0.910. The number of aromatic nitrogens is 2. The Hall–Kier alpha value is -1.11. The molecule has 0 aromatic carbocycles. The lowest BCUT2D eigenvalue weighted by Crippen LogP contribution is -2.27. The van der Waals surface area contributed by atoms with E-state index in [1.807, 2.05) is 0 Å². The van der Waals surface area contributed by atoms with E-state index in [1.54, 1.807) is 7.05 Å². The van der Waals surface area contributed by atoms with Crippen LogP contribution in [-0.4, -0.2) is 23.4 Å². The maximum Gasteiger partial charge on any atom is 0.391 e. The highest BCUT2D eigenvalue weighted by atomic mass is 19.4. The minimum atomic E-state index is -4.07. The Morgan fingerprint density at radius 1 is 1.22 bits per heavy atom. The van der Waals surface area contributed by atoms with E-state index in [0.717, 1.165) is 0 Å². The van der Waals surface area contributed by atoms with Crippen LogP contribution in [0.3, 0.4) is 0 Å². The van der Waals surface area contributed by atoms with E-state index >= 15 is 0 Å². The number of nitrogens with one attached hydrogen (secondary N) is 1. The van der Waals surface area contributed by atoms with Gasteiger partial charge < -0.3 is 9.73 Å². The Bertz CT molecular complexity index is 383. The molecule has 1 aromatic heterocycles. The molecule has 0 amide bonds. The molecule has 1 fully saturated rings. The number of rotatable bonds is 3. The Kier molecular flexibility index (Phi) is 3.89. The van der Waals surface area contributed by atoms with Crippen molar-refractivity contribution in [2.75, 3.05) is 7.05 Å². The van der Waals surface area contributed by atoms with Gasteiger partial charge in [0.1, 0.15) is 0 Å². The molecule has 18 heavy (non-hydrogen) atoms. The van der Waals surface area contributed by atoms with Crippen molar-refractivity contribution in [1.29, 1.82) is 0 Å². The van der Waals surface area contributed by atoms with Crippen LogP contribution >= 0.6 is 0 Å². The number of alkyl halides is 3. The molecule has 0 atom stereocenters. The average molecular weight is 263 g/mol. The Balaban J connectivity index is 1.92. The zero-order chi connectivity index (χ0) is 13.2. The summed E-state index contributed by atoms with van der Waals surface area (Å²) in [6.45, 7) is 0.477. The second kappa shape index (κ2) is 5.26. The van der Waals surface area contributed by atoms with Crippen LogP contribution in [0.4, 0.5) is 13.2 Å². The van der Waals surface area contributed by atoms with Crippen LogP contribution in [0, 0.1) is 5.92 Å². The van der Waals surface area contributed by atoms with Crippen LogP contribution in [0.25, 0.3) is 0 Å². The molecule has 0 radical (unpaired) electrons. The number of nitrogens with zero attached hydrogens (tertiary/aromatic N) is 2. The fourth-order valence-corrected chi connectivity index (χ4v) is 2.32. The molecule has 1 N–H and O–H groups in total. The molecule has 102 valence electrons. The summed E-state index contributed by atoms with van der Waals surface area (Å²) in [7, 11) is 1.76. The van der Waals surface area contributed by atoms with Crippen molar-refractivity contribution in [3.8, 4) is 0 Å². The standard InChI is InChI=1S/C11H16F3N3O/c1-15-6-9-16-17-10(18-9)7-2-4-8(5-3-7)11(12,13)14/h7-8,15H,2-6H2,1H3. The molecule has 0 saturated heterocycles. The van der Waals surface area contributed by atoms with Gasteiger partial charge in [-0.2, -0.15) is 13.2 Å².